The molecule has 3 rings (SSSR count). The molecule has 0 saturated heterocycles. The number of hydrogen-bond donors (Lipinski definition) is 1. The molecule has 6 nitrogen and oxygen atoms in total. The number of carbonyl (C=O) groups is 1. The van der Waals surface area contributed by atoms with Gasteiger partial charge in [-0.25, -0.2) is 4.68 Å². The number of aromatic nitrogens is 3. The number of carbonyl (C=O) groups excluding carboxylic acids is 1. The Morgan fingerprint density at radius 2 is 1.96 bits per heavy atom. The van der Waals surface area contributed by atoms with Crippen molar-refractivity contribution in [1.29, 1.82) is 0 Å². The highest BCUT2D eigenvalue weighted by molar-refractivity contribution is 5.84. The summed E-state index contributed by atoms with van der Waals surface area (Å²) in [6.07, 6.45) is 3.39. The van der Waals surface area contributed by atoms with Gasteiger partial charge in [0.25, 0.3) is 5.56 Å². The van der Waals surface area contributed by atoms with E-state index < -0.39 is 0 Å². The average molecular weight is 308 g/mol. The van der Waals surface area contributed by atoms with Crippen LogP contribution in [0.15, 0.2) is 53.6 Å². The van der Waals surface area contributed by atoms with Crippen molar-refractivity contribution in [3.63, 3.8) is 0 Å². The van der Waals surface area contributed by atoms with Crippen LogP contribution < -0.4 is 10.9 Å². The molecule has 0 bridgehead atoms. The number of fused-ring (bicyclic) bond motifs is 1. The minimum Gasteiger partial charge on any atom is -0.351 e. The zero-order valence-electron chi connectivity index (χ0n) is 12.7. The topological polar surface area (TPSA) is 76.9 Å². The molecule has 0 saturated carbocycles. The summed E-state index contributed by atoms with van der Waals surface area (Å²) >= 11 is 0. The highest BCUT2D eigenvalue weighted by Gasteiger charge is 2.11. The van der Waals surface area contributed by atoms with Gasteiger partial charge < -0.3 is 5.32 Å². The fraction of sp³-hybridized carbons (Fsp3) is 0.176. The molecular formula is C17H16N4O2. The van der Waals surface area contributed by atoms with Crippen LogP contribution in [0, 0.1) is 0 Å². The quantitative estimate of drug-likeness (QED) is 0.792. The van der Waals surface area contributed by atoms with Gasteiger partial charge in [0.05, 0.1) is 24.2 Å². The van der Waals surface area contributed by atoms with Crippen LogP contribution in [-0.4, -0.2) is 20.7 Å². The van der Waals surface area contributed by atoms with Gasteiger partial charge in [-0.1, -0.05) is 24.3 Å². The third-order valence-electron chi connectivity index (χ3n) is 3.50. The third kappa shape index (κ3) is 3.26. The van der Waals surface area contributed by atoms with Gasteiger partial charge in [-0.15, -0.1) is 0 Å². The predicted molar refractivity (Wildman–Crippen MR) is 86.9 cm³/mol. The lowest BCUT2D eigenvalue weighted by Crippen LogP contribution is -2.28. The van der Waals surface area contributed by atoms with Crippen LogP contribution in [0.5, 0.6) is 0 Å². The van der Waals surface area contributed by atoms with Crippen LogP contribution in [0.1, 0.15) is 18.2 Å². The van der Waals surface area contributed by atoms with Crippen molar-refractivity contribution in [2.24, 2.45) is 0 Å². The molecule has 0 aliphatic heterocycles. The van der Waals surface area contributed by atoms with E-state index in [1.165, 1.54) is 11.6 Å². The van der Waals surface area contributed by atoms with Crippen LogP contribution in [0.25, 0.3) is 10.8 Å². The number of hydrogen-bond acceptors (Lipinski definition) is 4. The highest BCUT2D eigenvalue weighted by atomic mass is 16.1. The fourth-order valence-electron chi connectivity index (χ4n) is 2.42. The fourth-order valence-corrected chi connectivity index (χ4v) is 2.42. The second kappa shape index (κ2) is 6.39. The van der Waals surface area contributed by atoms with Crippen molar-refractivity contribution in [3.05, 3.63) is 70.4 Å². The van der Waals surface area contributed by atoms with E-state index in [1.807, 2.05) is 30.3 Å². The molecule has 0 aliphatic rings. The van der Waals surface area contributed by atoms with Crippen LogP contribution in [0.2, 0.25) is 0 Å². The molecule has 2 aromatic heterocycles. The number of nitrogens with one attached hydrogen (secondary N) is 1. The average Bonchev–Trinajstić information content (AvgIpc) is 2.57. The van der Waals surface area contributed by atoms with Gasteiger partial charge in [-0.2, -0.15) is 5.10 Å². The summed E-state index contributed by atoms with van der Waals surface area (Å²) in [5.41, 5.74) is 1.40. The first-order chi connectivity index (χ1) is 11.1. The molecule has 1 aromatic carbocycles. The molecule has 0 radical (unpaired) electrons. The maximum Gasteiger partial charge on any atom is 0.274 e. The van der Waals surface area contributed by atoms with Crippen molar-refractivity contribution in [2.75, 3.05) is 0 Å². The van der Waals surface area contributed by atoms with Gasteiger partial charge in [0.15, 0.2) is 0 Å². The van der Waals surface area contributed by atoms with Gasteiger partial charge >= 0.3 is 0 Å². The minimum atomic E-state index is -0.156. The molecule has 3 aromatic rings. The van der Waals surface area contributed by atoms with Gasteiger partial charge in [-0.05, 0) is 17.7 Å². The predicted octanol–water partition coefficient (Wildman–Crippen LogP) is 1.48. The van der Waals surface area contributed by atoms with Crippen LogP contribution in [0.3, 0.4) is 0 Å². The number of benzene rings is 1. The first-order valence-corrected chi connectivity index (χ1v) is 7.27. The monoisotopic (exact) mass is 308 g/mol. The van der Waals surface area contributed by atoms with Crippen LogP contribution >= 0.6 is 0 Å². The second-order valence-corrected chi connectivity index (χ2v) is 5.23. The Bertz CT molecular complexity index is 903. The Kier molecular flexibility index (Phi) is 4.14. The number of pyridine rings is 1. The third-order valence-corrected chi connectivity index (χ3v) is 3.50. The maximum atomic E-state index is 12.6. The summed E-state index contributed by atoms with van der Waals surface area (Å²) in [7, 11) is 0. The van der Waals surface area contributed by atoms with Crippen molar-refractivity contribution < 1.29 is 4.79 Å². The largest absolute Gasteiger partial charge is 0.351 e. The summed E-state index contributed by atoms with van der Waals surface area (Å²) in [4.78, 5) is 27.9. The second-order valence-electron chi connectivity index (χ2n) is 5.23. The van der Waals surface area contributed by atoms with Crippen LogP contribution in [-0.2, 0) is 17.9 Å². The van der Waals surface area contributed by atoms with E-state index in [9.17, 15) is 9.59 Å². The van der Waals surface area contributed by atoms with Crippen LogP contribution in [0.4, 0.5) is 0 Å². The molecule has 0 spiro atoms. The van der Waals surface area contributed by atoms with E-state index in [2.05, 4.69) is 15.4 Å². The Hall–Kier alpha value is -3.02. The SMILES string of the molecule is CC(=O)NCc1nn(Cc2cccnc2)c(=O)c2ccccc12. The lowest BCUT2D eigenvalue weighted by Gasteiger charge is -2.11. The summed E-state index contributed by atoms with van der Waals surface area (Å²) in [5.74, 6) is -0.138. The molecule has 23 heavy (non-hydrogen) atoms. The Labute approximate surface area is 132 Å². The zero-order chi connectivity index (χ0) is 16.2. The molecule has 2 heterocycles. The Balaban J connectivity index is 2.09. The maximum absolute atomic E-state index is 12.6. The van der Waals surface area contributed by atoms with Crippen molar-refractivity contribution in [1.82, 2.24) is 20.1 Å². The lowest BCUT2D eigenvalue weighted by molar-refractivity contribution is -0.119. The first kappa shape index (κ1) is 14.9. The first-order valence-electron chi connectivity index (χ1n) is 7.27. The molecule has 0 fully saturated rings. The van der Waals surface area contributed by atoms with E-state index in [0.29, 0.717) is 17.6 Å². The van der Waals surface area contributed by atoms with E-state index in [-0.39, 0.29) is 18.0 Å². The van der Waals surface area contributed by atoms with E-state index in [1.54, 1.807) is 18.5 Å². The van der Waals surface area contributed by atoms with Gasteiger partial charge in [0, 0.05) is 24.7 Å². The van der Waals surface area contributed by atoms with Crippen molar-refractivity contribution in [2.45, 2.75) is 20.0 Å². The highest BCUT2D eigenvalue weighted by Crippen LogP contribution is 2.13. The summed E-state index contributed by atoms with van der Waals surface area (Å²) in [6.45, 7) is 2.07. The van der Waals surface area contributed by atoms with Gasteiger partial charge in [-0.3, -0.25) is 14.6 Å². The molecule has 0 aliphatic carbocycles. The molecule has 1 N–H and O–H groups in total. The number of nitrogens with zero attached hydrogens (tertiary/aromatic N) is 3. The molecule has 6 heteroatoms. The van der Waals surface area contributed by atoms with E-state index >= 15 is 0 Å². The molecular weight excluding hydrogens is 292 g/mol. The Morgan fingerprint density at radius 1 is 1.17 bits per heavy atom. The lowest BCUT2D eigenvalue weighted by atomic mass is 10.1. The Morgan fingerprint density at radius 3 is 2.65 bits per heavy atom. The summed E-state index contributed by atoms with van der Waals surface area (Å²) in [5, 5.41) is 8.51. The normalized spacial score (nSPS) is 10.7. The molecule has 116 valence electrons. The summed E-state index contributed by atoms with van der Waals surface area (Å²) < 4.78 is 1.41. The summed E-state index contributed by atoms with van der Waals surface area (Å²) in [6, 6.07) is 11.0. The van der Waals surface area contributed by atoms with E-state index in [0.717, 1.165) is 10.9 Å². The van der Waals surface area contributed by atoms with E-state index in [4.69, 9.17) is 0 Å². The van der Waals surface area contributed by atoms with Gasteiger partial charge in [0.1, 0.15) is 0 Å². The molecule has 0 unspecified atom stereocenters. The standard InChI is InChI=1S/C17H16N4O2/c1-12(22)19-10-16-14-6-2-3-7-15(14)17(23)21(20-16)11-13-5-4-8-18-9-13/h2-9H,10-11H2,1H3,(H,19,22). The molecule has 0 atom stereocenters. The smallest absolute Gasteiger partial charge is 0.274 e. The number of rotatable bonds is 4. The molecule has 1 amide bonds. The van der Waals surface area contributed by atoms with Crippen molar-refractivity contribution in [3.8, 4) is 0 Å². The van der Waals surface area contributed by atoms with Crippen molar-refractivity contribution >= 4 is 16.7 Å². The zero-order valence-corrected chi connectivity index (χ0v) is 12.7. The number of amides is 1. The minimum absolute atomic E-state index is 0.138. The van der Waals surface area contributed by atoms with Gasteiger partial charge in [0.2, 0.25) is 5.91 Å².